The first-order valence-electron chi connectivity index (χ1n) is 6.35. The van der Waals surface area contributed by atoms with Gasteiger partial charge >= 0.3 is 0 Å². The molecule has 0 unspecified atom stereocenters. The molecule has 0 aromatic carbocycles. The molecule has 1 aromatic rings. The van der Waals surface area contributed by atoms with E-state index in [4.69, 9.17) is 5.73 Å². The maximum absolute atomic E-state index is 12.2. The van der Waals surface area contributed by atoms with Gasteiger partial charge in [0.2, 0.25) is 11.8 Å². The minimum atomic E-state index is -0.372. The van der Waals surface area contributed by atoms with Crippen LogP contribution < -0.4 is 5.73 Å². The van der Waals surface area contributed by atoms with Crippen molar-refractivity contribution in [3.05, 3.63) is 21.9 Å². The average Bonchev–Trinajstić information content (AvgIpc) is 2.85. The van der Waals surface area contributed by atoms with Gasteiger partial charge in [-0.2, -0.15) is 0 Å². The van der Waals surface area contributed by atoms with E-state index in [2.05, 4.69) is 18.4 Å². The van der Waals surface area contributed by atoms with Gasteiger partial charge in [0.15, 0.2) is 0 Å². The molecule has 104 valence electrons. The van der Waals surface area contributed by atoms with Crippen LogP contribution in [-0.2, 0) is 16.0 Å². The predicted molar refractivity (Wildman–Crippen MR) is 79.3 cm³/mol. The molecule has 0 fully saturated rings. The highest BCUT2D eigenvalue weighted by Gasteiger charge is 2.29. The molecule has 19 heavy (non-hydrogen) atoms. The second-order valence-corrected chi connectivity index (χ2v) is 6.51. The van der Waals surface area contributed by atoms with Crippen molar-refractivity contribution in [3.63, 3.8) is 0 Å². The molecule has 4 nitrogen and oxygen atoms in total. The van der Waals surface area contributed by atoms with Crippen LogP contribution in [-0.4, -0.2) is 34.8 Å². The summed E-state index contributed by atoms with van der Waals surface area (Å²) in [7, 11) is 0. The normalized spacial score (nSPS) is 18.2. The number of hydrogen-bond donors (Lipinski definition) is 1. The molecule has 0 radical (unpaired) electrons. The second kappa shape index (κ2) is 6.43. The van der Waals surface area contributed by atoms with Gasteiger partial charge < -0.3 is 10.6 Å². The lowest BCUT2D eigenvalue weighted by Crippen LogP contribution is -2.40. The van der Waals surface area contributed by atoms with E-state index < -0.39 is 0 Å². The van der Waals surface area contributed by atoms with Crippen LogP contribution in [0.5, 0.6) is 0 Å². The van der Waals surface area contributed by atoms with Gasteiger partial charge in [-0.3, -0.25) is 9.59 Å². The Bertz CT molecular complexity index is 473. The van der Waals surface area contributed by atoms with Gasteiger partial charge in [0.1, 0.15) is 0 Å². The SMILES string of the molecule is CC[C@@H]1c2ccsc2CCN1C(=O)CSCC(N)=O. The van der Waals surface area contributed by atoms with E-state index in [0.29, 0.717) is 5.75 Å². The van der Waals surface area contributed by atoms with E-state index in [9.17, 15) is 9.59 Å². The largest absolute Gasteiger partial charge is 0.369 e. The number of fused-ring (bicyclic) bond motifs is 1. The van der Waals surface area contributed by atoms with Crippen LogP contribution >= 0.6 is 23.1 Å². The standard InChI is InChI=1S/C13H18N2O2S2/c1-2-10-9-4-6-19-11(9)3-5-15(10)13(17)8-18-7-12(14)16/h4,6,10H,2-3,5,7-8H2,1H3,(H2,14,16)/t10-/m1/s1. The lowest BCUT2D eigenvalue weighted by atomic mass is 9.98. The molecule has 1 aliphatic rings. The number of primary amides is 1. The Balaban J connectivity index is 2.00. The van der Waals surface area contributed by atoms with Crippen LogP contribution in [0, 0.1) is 0 Å². The molecule has 0 spiro atoms. The van der Waals surface area contributed by atoms with Crippen molar-refractivity contribution in [2.45, 2.75) is 25.8 Å². The molecule has 0 aliphatic carbocycles. The summed E-state index contributed by atoms with van der Waals surface area (Å²) in [5, 5.41) is 2.10. The zero-order chi connectivity index (χ0) is 13.8. The van der Waals surface area contributed by atoms with E-state index in [1.165, 1.54) is 22.2 Å². The molecule has 0 saturated carbocycles. The van der Waals surface area contributed by atoms with Gasteiger partial charge in [-0.1, -0.05) is 6.92 Å². The summed E-state index contributed by atoms with van der Waals surface area (Å²) >= 11 is 3.07. The summed E-state index contributed by atoms with van der Waals surface area (Å²) in [5.74, 6) is 0.275. The fraction of sp³-hybridized carbons (Fsp3) is 0.538. The highest BCUT2D eigenvalue weighted by molar-refractivity contribution is 8.00. The monoisotopic (exact) mass is 298 g/mol. The van der Waals surface area contributed by atoms with Gasteiger partial charge in [-0.25, -0.2) is 0 Å². The molecule has 2 N–H and O–H groups in total. The van der Waals surface area contributed by atoms with Gasteiger partial charge in [0, 0.05) is 11.4 Å². The Morgan fingerprint density at radius 2 is 2.32 bits per heavy atom. The average molecular weight is 298 g/mol. The third kappa shape index (κ3) is 3.30. The molecule has 6 heteroatoms. The van der Waals surface area contributed by atoms with E-state index in [0.717, 1.165) is 19.4 Å². The van der Waals surface area contributed by atoms with Crippen LogP contribution in [0.2, 0.25) is 0 Å². The quantitative estimate of drug-likeness (QED) is 0.901. The van der Waals surface area contributed by atoms with Gasteiger partial charge in [0.05, 0.1) is 17.5 Å². The van der Waals surface area contributed by atoms with Crippen LogP contribution in [0.25, 0.3) is 0 Å². The molecule has 0 bridgehead atoms. The fourth-order valence-electron chi connectivity index (χ4n) is 2.46. The Labute approximate surface area is 121 Å². The number of thioether (sulfide) groups is 1. The van der Waals surface area contributed by atoms with Gasteiger partial charge in [-0.05, 0) is 29.9 Å². The first-order valence-corrected chi connectivity index (χ1v) is 8.38. The highest BCUT2D eigenvalue weighted by atomic mass is 32.2. The van der Waals surface area contributed by atoms with Crippen molar-refractivity contribution in [2.75, 3.05) is 18.1 Å². The van der Waals surface area contributed by atoms with Crippen molar-refractivity contribution >= 4 is 34.9 Å². The van der Waals surface area contributed by atoms with Gasteiger partial charge in [0.25, 0.3) is 0 Å². The molecule has 0 saturated heterocycles. The van der Waals surface area contributed by atoms with Crippen molar-refractivity contribution in [1.29, 1.82) is 0 Å². The summed E-state index contributed by atoms with van der Waals surface area (Å²) in [6.45, 7) is 2.89. The molecular weight excluding hydrogens is 280 g/mol. The van der Waals surface area contributed by atoms with Crippen molar-refractivity contribution in [1.82, 2.24) is 4.90 Å². The van der Waals surface area contributed by atoms with E-state index in [1.807, 2.05) is 4.90 Å². The lowest BCUT2D eigenvalue weighted by Gasteiger charge is -2.35. The summed E-state index contributed by atoms with van der Waals surface area (Å²) in [5.41, 5.74) is 6.37. The van der Waals surface area contributed by atoms with E-state index >= 15 is 0 Å². The Morgan fingerprint density at radius 3 is 3.00 bits per heavy atom. The number of rotatable bonds is 5. The molecule has 1 atom stereocenters. The first-order chi connectivity index (χ1) is 9.13. The van der Waals surface area contributed by atoms with Crippen LogP contribution in [0.15, 0.2) is 11.4 Å². The van der Waals surface area contributed by atoms with E-state index in [1.54, 1.807) is 11.3 Å². The predicted octanol–water partition coefficient (Wildman–Crippen LogP) is 1.80. The van der Waals surface area contributed by atoms with Crippen LogP contribution in [0.4, 0.5) is 0 Å². The smallest absolute Gasteiger partial charge is 0.233 e. The minimum absolute atomic E-state index is 0.106. The topological polar surface area (TPSA) is 63.4 Å². The number of carbonyl (C=O) groups excluding carboxylic acids is 2. The summed E-state index contributed by atoms with van der Waals surface area (Å²) in [6, 6.07) is 2.32. The lowest BCUT2D eigenvalue weighted by molar-refractivity contribution is -0.131. The summed E-state index contributed by atoms with van der Waals surface area (Å²) in [6.07, 6.45) is 1.87. The first kappa shape index (κ1) is 14.4. The number of nitrogens with zero attached hydrogens (tertiary/aromatic N) is 1. The van der Waals surface area contributed by atoms with Crippen molar-refractivity contribution < 1.29 is 9.59 Å². The summed E-state index contributed by atoms with van der Waals surface area (Å²) < 4.78 is 0. The molecule has 2 amide bonds. The second-order valence-electron chi connectivity index (χ2n) is 4.52. The number of carbonyl (C=O) groups is 2. The maximum atomic E-state index is 12.2. The third-order valence-corrected chi connectivity index (χ3v) is 5.21. The number of nitrogens with two attached hydrogens (primary N) is 1. The molecule has 2 heterocycles. The molecular formula is C13H18N2O2S2. The molecule has 1 aromatic heterocycles. The highest BCUT2D eigenvalue weighted by Crippen LogP contribution is 2.35. The molecule has 2 rings (SSSR count). The third-order valence-electron chi connectivity index (χ3n) is 3.27. The van der Waals surface area contributed by atoms with Crippen LogP contribution in [0.3, 0.4) is 0 Å². The Morgan fingerprint density at radius 1 is 1.53 bits per heavy atom. The Kier molecular flexibility index (Phi) is 4.87. The fourth-order valence-corrected chi connectivity index (χ4v) is 4.03. The zero-order valence-electron chi connectivity index (χ0n) is 10.9. The van der Waals surface area contributed by atoms with Crippen molar-refractivity contribution in [3.8, 4) is 0 Å². The Hall–Kier alpha value is -1.01. The van der Waals surface area contributed by atoms with Crippen molar-refractivity contribution in [2.24, 2.45) is 5.73 Å². The summed E-state index contributed by atoms with van der Waals surface area (Å²) in [4.78, 5) is 26.3. The number of amides is 2. The maximum Gasteiger partial charge on any atom is 0.233 e. The number of thiophene rings is 1. The zero-order valence-corrected chi connectivity index (χ0v) is 12.6. The molecule has 1 aliphatic heterocycles. The van der Waals surface area contributed by atoms with Crippen LogP contribution in [0.1, 0.15) is 29.8 Å². The number of hydrogen-bond acceptors (Lipinski definition) is 4. The van der Waals surface area contributed by atoms with Gasteiger partial charge in [-0.15, -0.1) is 23.1 Å². The van der Waals surface area contributed by atoms with E-state index in [-0.39, 0.29) is 23.6 Å². The minimum Gasteiger partial charge on any atom is -0.369 e.